The van der Waals surface area contributed by atoms with Crippen LogP contribution in [0, 0.1) is 5.92 Å². The molecule has 2 aromatic rings. The van der Waals surface area contributed by atoms with E-state index in [0.717, 1.165) is 23.0 Å². The van der Waals surface area contributed by atoms with Gasteiger partial charge in [-0.05, 0) is 68.0 Å². The predicted molar refractivity (Wildman–Crippen MR) is 125 cm³/mol. The second-order valence-corrected chi connectivity index (χ2v) is 11.2. The molecule has 10 heteroatoms. The SMILES string of the molecule is CC1CN(CCc2ccc(OC(F)(F)F)cc2)CC(C)N1S(=O)(=O)c1cccc2c1CC(C=O)C2. The van der Waals surface area contributed by atoms with Gasteiger partial charge in [0.1, 0.15) is 12.0 Å². The Balaban J connectivity index is 1.41. The number of carbonyl (C=O) groups excluding carboxylic acids is 1. The minimum Gasteiger partial charge on any atom is -0.406 e. The monoisotopic (exact) mass is 510 g/mol. The van der Waals surface area contributed by atoms with E-state index >= 15 is 0 Å². The predicted octanol–water partition coefficient (Wildman–Crippen LogP) is 3.82. The highest BCUT2D eigenvalue weighted by Crippen LogP contribution is 2.34. The van der Waals surface area contributed by atoms with Gasteiger partial charge in [0.25, 0.3) is 0 Å². The molecule has 1 aliphatic heterocycles. The summed E-state index contributed by atoms with van der Waals surface area (Å²) in [7, 11) is -3.74. The zero-order valence-corrected chi connectivity index (χ0v) is 20.5. The van der Waals surface area contributed by atoms with Crippen LogP contribution in [0.4, 0.5) is 13.2 Å². The number of rotatable bonds is 7. The van der Waals surface area contributed by atoms with Crippen molar-refractivity contribution in [2.45, 2.75) is 56.5 Å². The Morgan fingerprint density at radius 3 is 2.29 bits per heavy atom. The van der Waals surface area contributed by atoms with E-state index < -0.39 is 16.4 Å². The number of ether oxygens (including phenoxy) is 1. The molecular formula is C25H29F3N2O4S. The molecule has 0 amide bonds. The van der Waals surface area contributed by atoms with Crippen molar-refractivity contribution in [3.63, 3.8) is 0 Å². The molecule has 3 unspecified atom stereocenters. The fourth-order valence-electron chi connectivity index (χ4n) is 5.32. The number of aldehydes is 1. The number of carbonyl (C=O) groups is 1. The second kappa shape index (κ2) is 9.91. The Morgan fingerprint density at radius 1 is 1.03 bits per heavy atom. The van der Waals surface area contributed by atoms with Crippen molar-refractivity contribution in [1.29, 1.82) is 0 Å². The Bertz CT molecular complexity index is 1160. The molecular weight excluding hydrogens is 481 g/mol. The van der Waals surface area contributed by atoms with Crippen LogP contribution in [-0.2, 0) is 34.1 Å². The fourth-order valence-corrected chi connectivity index (χ4v) is 7.41. The van der Waals surface area contributed by atoms with E-state index in [1.54, 1.807) is 28.6 Å². The molecule has 0 N–H and O–H groups in total. The van der Waals surface area contributed by atoms with Crippen molar-refractivity contribution in [3.8, 4) is 5.75 Å². The van der Waals surface area contributed by atoms with Crippen LogP contribution in [0.3, 0.4) is 0 Å². The molecule has 0 aromatic heterocycles. The Labute approximate surface area is 203 Å². The number of piperazine rings is 1. The number of benzene rings is 2. The van der Waals surface area contributed by atoms with E-state index in [1.165, 1.54) is 12.1 Å². The van der Waals surface area contributed by atoms with E-state index in [0.29, 0.717) is 43.8 Å². The van der Waals surface area contributed by atoms with E-state index in [1.807, 2.05) is 19.9 Å². The maximum atomic E-state index is 13.7. The van der Waals surface area contributed by atoms with Crippen LogP contribution < -0.4 is 4.74 Å². The molecule has 6 nitrogen and oxygen atoms in total. The number of nitrogens with zero attached hydrogens (tertiary/aromatic N) is 2. The maximum Gasteiger partial charge on any atom is 0.573 e. The Morgan fingerprint density at radius 2 is 1.69 bits per heavy atom. The zero-order valence-electron chi connectivity index (χ0n) is 19.7. The fraction of sp³-hybridized carbons (Fsp3) is 0.480. The highest BCUT2D eigenvalue weighted by Gasteiger charge is 2.40. The van der Waals surface area contributed by atoms with E-state index in [4.69, 9.17) is 0 Å². The van der Waals surface area contributed by atoms with Gasteiger partial charge >= 0.3 is 6.36 Å². The first-order chi connectivity index (χ1) is 16.5. The van der Waals surface area contributed by atoms with Crippen LogP contribution in [0.5, 0.6) is 5.75 Å². The van der Waals surface area contributed by atoms with Gasteiger partial charge in [-0.25, -0.2) is 8.42 Å². The van der Waals surface area contributed by atoms with Crippen molar-refractivity contribution in [3.05, 3.63) is 59.2 Å². The normalized spacial score (nSPS) is 23.7. The average molecular weight is 511 g/mol. The molecule has 2 aliphatic rings. The van der Waals surface area contributed by atoms with Crippen LogP contribution in [-0.4, -0.2) is 62.0 Å². The van der Waals surface area contributed by atoms with E-state index in [2.05, 4.69) is 9.64 Å². The third-order valence-electron chi connectivity index (χ3n) is 6.71. The molecule has 1 heterocycles. The first-order valence-corrected chi connectivity index (χ1v) is 13.1. The van der Waals surface area contributed by atoms with Crippen molar-refractivity contribution in [2.75, 3.05) is 19.6 Å². The van der Waals surface area contributed by atoms with E-state index in [9.17, 15) is 26.4 Å². The van der Waals surface area contributed by atoms with Gasteiger partial charge in [0.15, 0.2) is 0 Å². The number of sulfonamides is 1. The van der Waals surface area contributed by atoms with Gasteiger partial charge in [-0.2, -0.15) is 4.31 Å². The topological polar surface area (TPSA) is 66.9 Å². The number of alkyl halides is 3. The van der Waals surface area contributed by atoms with Crippen LogP contribution in [0.25, 0.3) is 0 Å². The lowest BCUT2D eigenvalue weighted by Crippen LogP contribution is -2.58. The summed E-state index contributed by atoms with van der Waals surface area (Å²) < 4.78 is 69.9. The van der Waals surface area contributed by atoms with Gasteiger partial charge in [-0.15, -0.1) is 13.2 Å². The van der Waals surface area contributed by atoms with Crippen LogP contribution in [0.1, 0.15) is 30.5 Å². The summed E-state index contributed by atoms with van der Waals surface area (Å²) in [5, 5.41) is 0. The summed E-state index contributed by atoms with van der Waals surface area (Å²) in [6, 6.07) is 10.6. The highest BCUT2D eigenvalue weighted by atomic mass is 32.2. The van der Waals surface area contributed by atoms with Gasteiger partial charge in [0.05, 0.1) is 4.90 Å². The zero-order chi connectivity index (χ0) is 25.4. The molecule has 1 fully saturated rings. The molecule has 0 radical (unpaired) electrons. The molecule has 190 valence electrons. The van der Waals surface area contributed by atoms with Gasteiger partial charge in [-0.3, -0.25) is 4.90 Å². The molecule has 4 rings (SSSR count). The third kappa shape index (κ3) is 5.70. The lowest BCUT2D eigenvalue weighted by Gasteiger charge is -2.43. The van der Waals surface area contributed by atoms with Crippen molar-refractivity contribution < 1.29 is 31.1 Å². The van der Waals surface area contributed by atoms with E-state index in [-0.39, 0.29) is 23.8 Å². The van der Waals surface area contributed by atoms with Gasteiger partial charge in [-0.1, -0.05) is 24.3 Å². The minimum absolute atomic E-state index is 0.179. The quantitative estimate of drug-likeness (QED) is 0.530. The summed E-state index contributed by atoms with van der Waals surface area (Å²) >= 11 is 0. The van der Waals surface area contributed by atoms with Gasteiger partial charge in [0, 0.05) is 37.6 Å². The summed E-state index contributed by atoms with van der Waals surface area (Å²) in [5.74, 6) is -0.434. The molecule has 0 spiro atoms. The summed E-state index contributed by atoms with van der Waals surface area (Å²) in [4.78, 5) is 13.8. The van der Waals surface area contributed by atoms with Crippen molar-refractivity contribution >= 4 is 16.3 Å². The summed E-state index contributed by atoms with van der Waals surface area (Å²) in [6.07, 6.45) is -2.17. The van der Waals surface area contributed by atoms with Crippen molar-refractivity contribution in [1.82, 2.24) is 9.21 Å². The lowest BCUT2D eigenvalue weighted by molar-refractivity contribution is -0.274. The van der Waals surface area contributed by atoms with Gasteiger partial charge in [0.2, 0.25) is 10.0 Å². The molecule has 1 saturated heterocycles. The highest BCUT2D eigenvalue weighted by molar-refractivity contribution is 7.89. The molecule has 1 aliphatic carbocycles. The number of fused-ring (bicyclic) bond motifs is 1. The molecule has 2 aromatic carbocycles. The first-order valence-electron chi connectivity index (χ1n) is 11.6. The largest absolute Gasteiger partial charge is 0.573 e. The minimum atomic E-state index is -4.72. The molecule has 35 heavy (non-hydrogen) atoms. The van der Waals surface area contributed by atoms with Crippen LogP contribution in [0.2, 0.25) is 0 Å². The standard InChI is InChI=1S/C25H29F3N2O4S/c1-17-14-29(11-10-19-6-8-22(9-7-19)34-25(26,27)28)15-18(2)30(17)35(32,33)24-5-3-4-21-12-20(16-31)13-23(21)24/h3-9,16-18,20H,10-15H2,1-2H3. The first kappa shape index (κ1) is 25.7. The third-order valence-corrected chi connectivity index (χ3v) is 8.93. The average Bonchev–Trinajstić information content (AvgIpc) is 3.20. The Hall–Kier alpha value is -2.43. The Kier molecular flexibility index (Phi) is 7.26. The number of hydrogen-bond acceptors (Lipinski definition) is 5. The summed E-state index contributed by atoms with van der Waals surface area (Å²) in [5.41, 5.74) is 2.55. The molecule has 0 bridgehead atoms. The summed E-state index contributed by atoms with van der Waals surface area (Å²) in [6.45, 7) is 5.53. The number of hydrogen-bond donors (Lipinski definition) is 0. The smallest absolute Gasteiger partial charge is 0.406 e. The van der Waals surface area contributed by atoms with Crippen molar-refractivity contribution in [2.24, 2.45) is 5.92 Å². The number of halogens is 3. The van der Waals surface area contributed by atoms with Crippen LogP contribution >= 0.6 is 0 Å². The van der Waals surface area contributed by atoms with Crippen LogP contribution in [0.15, 0.2) is 47.4 Å². The molecule has 3 atom stereocenters. The molecule has 0 saturated carbocycles. The second-order valence-electron chi connectivity index (χ2n) is 9.43. The van der Waals surface area contributed by atoms with Gasteiger partial charge < -0.3 is 9.53 Å². The lowest BCUT2D eigenvalue weighted by atomic mass is 10.1. The maximum absolute atomic E-state index is 13.7.